The van der Waals surface area contributed by atoms with Crippen molar-refractivity contribution in [2.75, 3.05) is 0 Å². The van der Waals surface area contributed by atoms with Gasteiger partial charge in [-0.25, -0.2) is 9.98 Å². The minimum atomic E-state index is -5.28. The molecule has 0 bridgehead atoms. The first-order chi connectivity index (χ1) is 14.6. The van der Waals surface area contributed by atoms with Crippen LogP contribution in [0.1, 0.15) is 30.7 Å². The van der Waals surface area contributed by atoms with E-state index in [9.17, 15) is 39.5 Å². The third-order valence-electron chi connectivity index (χ3n) is 3.98. The van der Waals surface area contributed by atoms with Crippen LogP contribution in [0.4, 0.5) is 45.2 Å². The van der Waals surface area contributed by atoms with E-state index in [4.69, 9.17) is 11.2 Å². The van der Waals surface area contributed by atoms with Crippen molar-refractivity contribution in [3.05, 3.63) is 46.7 Å². The molecule has 0 aliphatic heterocycles. The molecular weight excluding hydrogens is 457 g/mol. The van der Waals surface area contributed by atoms with Crippen LogP contribution >= 0.6 is 0 Å². The number of ether oxygens (including phenoxy) is 1. The SMILES string of the molecule is C#CC(C)Oc1cc(C(F)(F)F)nc(=Nc2ccc(C(F)(F)F)cc2C(F)(F)F)n1CC. The normalized spacial score (nSPS) is 14.2. The van der Waals surface area contributed by atoms with Crippen molar-refractivity contribution >= 4 is 5.69 Å². The maximum atomic E-state index is 13.4. The fourth-order valence-corrected chi connectivity index (χ4v) is 2.48. The Balaban J connectivity index is 2.88. The Kier molecular flexibility index (Phi) is 6.87. The first-order valence-electron chi connectivity index (χ1n) is 8.73. The van der Waals surface area contributed by atoms with Crippen molar-refractivity contribution in [2.24, 2.45) is 4.99 Å². The van der Waals surface area contributed by atoms with Crippen LogP contribution in [0.3, 0.4) is 0 Å². The summed E-state index contributed by atoms with van der Waals surface area (Å²) in [6, 6.07) is 1.04. The van der Waals surface area contributed by atoms with E-state index in [-0.39, 0.29) is 12.6 Å². The molecule has 2 aromatic rings. The molecule has 0 aliphatic carbocycles. The summed E-state index contributed by atoms with van der Waals surface area (Å²) in [5.74, 6) is 1.63. The third kappa shape index (κ3) is 5.74. The molecule has 1 unspecified atom stereocenters. The summed E-state index contributed by atoms with van der Waals surface area (Å²) in [7, 11) is 0. The lowest BCUT2D eigenvalue weighted by Gasteiger charge is -2.18. The lowest BCUT2D eigenvalue weighted by atomic mass is 10.1. The van der Waals surface area contributed by atoms with Gasteiger partial charge in [-0.3, -0.25) is 4.57 Å². The predicted molar refractivity (Wildman–Crippen MR) is 93.5 cm³/mol. The molecule has 1 aromatic heterocycles. The smallest absolute Gasteiger partial charge is 0.433 e. The van der Waals surface area contributed by atoms with Gasteiger partial charge in [0.05, 0.1) is 16.8 Å². The number of alkyl halides is 9. The van der Waals surface area contributed by atoms with E-state index < -0.39 is 58.6 Å². The molecule has 0 radical (unpaired) electrons. The zero-order valence-corrected chi connectivity index (χ0v) is 16.3. The average Bonchev–Trinajstić information content (AvgIpc) is 2.65. The first kappa shape index (κ1) is 25.1. The highest BCUT2D eigenvalue weighted by atomic mass is 19.4. The fraction of sp³-hybridized carbons (Fsp3) is 0.368. The second kappa shape index (κ2) is 8.76. The Hall–Kier alpha value is -3.17. The Bertz CT molecular complexity index is 1090. The maximum absolute atomic E-state index is 13.4. The maximum Gasteiger partial charge on any atom is 0.433 e. The van der Waals surface area contributed by atoms with Gasteiger partial charge in [-0.15, -0.1) is 6.42 Å². The zero-order valence-electron chi connectivity index (χ0n) is 16.3. The lowest BCUT2D eigenvalue weighted by molar-refractivity contribution is -0.143. The third-order valence-corrected chi connectivity index (χ3v) is 3.98. The molecule has 2 rings (SSSR count). The van der Waals surface area contributed by atoms with Crippen LogP contribution in [0.2, 0.25) is 0 Å². The molecule has 0 amide bonds. The zero-order chi connectivity index (χ0) is 24.5. The molecule has 0 saturated carbocycles. The number of hydrogen-bond donors (Lipinski definition) is 0. The van der Waals surface area contributed by atoms with Crippen LogP contribution < -0.4 is 10.4 Å². The molecule has 0 spiro atoms. The second-order valence-electron chi connectivity index (χ2n) is 6.29. The summed E-state index contributed by atoms with van der Waals surface area (Å²) in [4.78, 5) is 6.75. The summed E-state index contributed by atoms with van der Waals surface area (Å²) in [5, 5.41) is 0. The highest BCUT2D eigenvalue weighted by molar-refractivity contribution is 5.50. The van der Waals surface area contributed by atoms with Gasteiger partial charge >= 0.3 is 18.5 Å². The number of hydrogen-bond acceptors (Lipinski definition) is 3. The average molecular weight is 471 g/mol. The van der Waals surface area contributed by atoms with Gasteiger partial charge in [0.25, 0.3) is 0 Å². The van der Waals surface area contributed by atoms with E-state index in [2.05, 4.69) is 15.9 Å². The first-order valence-corrected chi connectivity index (χ1v) is 8.73. The van der Waals surface area contributed by atoms with Crippen molar-refractivity contribution in [3.8, 4) is 18.2 Å². The van der Waals surface area contributed by atoms with Crippen molar-refractivity contribution < 1.29 is 44.3 Å². The monoisotopic (exact) mass is 471 g/mol. The molecule has 1 heterocycles. The topological polar surface area (TPSA) is 39.4 Å². The van der Waals surface area contributed by atoms with E-state index in [1.54, 1.807) is 0 Å². The van der Waals surface area contributed by atoms with Gasteiger partial charge in [-0.2, -0.15) is 39.5 Å². The molecule has 0 N–H and O–H groups in total. The number of aromatic nitrogens is 2. The molecule has 13 heteroatoms. The van der Waals surface area contributed by atoms with Crippen LogP contribution in [0.15, 0.2) is 29.3 Å². The summed E-state index contributed by atoms with van der Waals surface area (Å²) < 4.78 is 125. The van der Waals surface area contributed by atoms with Gasteiger partial charge in [0.2, 0.25) is 5.62 Å². The molecule has 32 heavy (non-hydrogen) atoms. The molecule has 0 aliphatic rings. The van der Waals surface area contributed by atoms with E-state index in [0.29, 0.717) is 18.2 Å². The minimum absolute atomic E-state index is 0.154. The van der Waals surface area contributed by atoms with Crippen molar-refractivity contribution in [1.82, 2.24) is 9.55 Å². The van der Waals surface area contributed by atoms with Crippen LogP contribution in [-0.2, 0) is 25.1 Å². The van der Waals surface area contributed by atoms with E-state index in [0.717, 1.165) is 4.57 Å². The van der Waals surface area contributed by atoms with E-state index in [1.807, 2.05) is 0 Å². The van der Waals surface area contributed by atoms with Gasteiger partial charge in [0.15, 0.2) is 17.7 Å². The van der Waals surface area contributed by atoms with Gasteiger partial charge in [0, 0.05) is 12.6 Å². The Labute approximate surface area is 175 Å². The van der Waals surface area contributed by atoms with Crippen molar-refractivity contribution in [1.29, 1.82) is 0 Å². The highest BCUT2D eigenvalue weighted by Gasteiger charge is 2.39. The van der Waals surface area contributed by atoms with Crippen LogP contribution in [0.25, 0.3) is 0 Å². The Morgan fingerprint density at radius 3 is 2.12 bits per heavy atom. The minimum Gasteiger partial charge on any atom is -0.463 e. The highest BCUT2D eigenvalue weighted by Crippen LogP contribution is 2.40. The largest absolute Gasteiger partial charge is 0.463 e. The van der Waals surface area contributed by atoms with E-state index >= 15 is 0 Å². The Morgan fingerprint density at radius 2 is 1.66 bits per heavy atom. The number of rotatable bonds is 4. The standard InChI is InChI=1S/C19H14F9N3O/c1-4-10(3)32-15-9-14(19(26,27)28)30-16(31(15)5-2)29-13-7-6-11(17(20,21)22)8-12(13)18(23,24)25/h1,6-10H,5H2,2-3H3. The molecule has 174 valence electrons. The van der Waals surface area contributed by atoms with Crippen LogP contribution in [0, 0.1) is 12.3 Å². The van der Waals surface area contributed by atoms with Crippen LogP contribution in [0.5, 0.6) is 5.88 Å². The number of terminal acetylenes is 1. The molecular formula is C19H14F9N3O. The van der Waals surface area contributed by atoms with Gasteiger partial charge in [0.1, 0.15) is 0 Å². The second-order valence-corrected chi connectivity index (χ2v) is 6.29. The number of benzene rings is 1. The summed E-state index contributed by atoms with van der Waals surface area (Å²) >= 11 is 0. The lowest BCUT2D eigenvalue weighted by Crippen LogP contribution is -2.30. The number of nitrogens with zero attached hydrogens (tertiary/aromatic N) is 3. The predicted octanol–water partition coefficient (Wildman–Crippen LogP) is 5.59. The molecule has 0 fully saturated rings. The van der Waals surface area contributed by atoms with Crippen molar-refractivity contribution in [2.45, 2.75) is 45.0 Å². The van der Waals surface area contributed by atoms with Gasteiger partial charge < -0.3 is 4.74 Å². The number of halogens is 9. The molecule has 1 atom stereocenters. The van der Waals surface area contributed by atoms with Crippen molar-refractivity contribution in [3.63, 3.8) is 0 Å². The molecule has 4 nitrogen and oxygen atoms in total. The molecule has 0 saturated heterocycles. The van der Waals surface area contributed by atoms with Gasteiger partial charge in [-0.1, -0.05) is 5.92 Å². The summed E-state index contributed by atoms with van der Waals surface area (Å²) in [6.07, 6.45) is -11.3. The summed E-state index contributed by atoms with van der Waals surface area (Å²) in [6.45, 7) is 2.60. The fourth-order valence-electron chi connectivity index (χ4n) is 2.48. The quantitative estimate of drug-likeness (QED) is 0.431. The van der Waals surface area contributed by atoms with Gasteiger partial charge in [-0.05, 0) is 32.0 Å². The Morgan fingerprint density at radius 1 is 1.03 bits per heavy atom. The molecule has 1 aromatic carbocycles. The van der Waals surface area contributed by atoms with E-state index in [1.165, 1.54) is 13.8 Å². The summed E-state index contributed by atoms with van der Waals surface area (Å²) in [5.41, 5.74) is -6.87. The van der Waals surface area contributed by atoms with Crippen LogP contribution in [-0.4, -0.2) is 15.7 Å².